The summed E-state index contributed by atoms with van der Waals surface area (Å²) in [6.45, 7) is 15.9. The molecule has 1 aromatic carbocycles. The Balaban J connectivity index is 1.68. The van der Waals surface area contributed by atoms with Gasteiger partial charge in [-0.05, 0) is 0 Å². The molecule has 2 heterocycles. The molecule has 1 saturated heterocycles. The predicted octanol–water partition coefficient (Wildman–Crippen LogP) is 6.40. The number of hydrogen-bond acceptors (Lipinski definition) is 5. The van der Waals surface area contributed by atoms with E-state index >= 15 is 0 Å². The van der Waals surface area contributed by atoms with Crippen LogP contribution in [0, 0.1) is 23.2 Å². The van der Waals surface area contributed by atoms with Gasteiger partial charge in [0.25, 0.3) is 0 Å². The number of nitrogens with one attached hydrogen (secondary N) is 1. The SMILES string of the molecule is CCOC(=O)[C@H]1N[C@@H](C(C)(C)C)[C@H]([C](=[Cr])O[C@@H]2C[C@H](C)CC[C@H]2C(C)(C)c2ccccc2)[C@H]1c1ccco1. The average molecular weight is 560 g/mol. The second-order valence-corrected chi connectivity index (χ2v) is 13.5. The normalized spacial score (nSPS) is 30.2. The fraction of sp³-hybridized carbons (Fsp3) is 0.625. The fourth-order valence-electron chi connectivity index (χ4n) is 6.75. The van der Waals surface area contributed by atoms with Crippen molar-refractivity contribution in [1.82, 2.24) is 5.32 Å². The summed E-state index contributed by atoms with van der Waals surface area (Å²) in [6.07, 6.45) is 5.10. The number of esters is 1. The molecule has 38 heavy (non-hydrogen) atoms. The predicted molar refractivity (Wildman–Crippen MR) is 148 cm³/mol. The van der Waals surface area contributed by atoms with Crippen LogP contribution in [0.1, 0.15) is 85.0 Å². The first-order chi connectivity index (χ1) is 17.9. The molecule has 4 rings (SSSR count). The molecule has 1 aliphatic carbocycles. The number of ether oxygens (including phenoxy) is 2. The first kappa shape index (κ1) is 29.3. The molecule has 1 N–H and O–H groups in total. The first-order valence-corrected chi connectivity index (χ1v) is 14.8. The van der Waals surface area contributed by atoms with E-state index in [1.54, 1.807) is 6.26 Å². The van der Waals surface area contributed by atoms with E-state index in [2.05, 4.69) is 93.0 Å². The molecule has 2 fully saturated rings. The van der Waals surface area contributed by atoms with Gasteiger partial charge >= 0.3 is 237 Å². The summed E-state index contributed by atoms with van der Waals surface area (Å²) in [7, 11) is 0. The van der Waals surface area contributed by atoms with E-state index in [9.17, 15) is 4.79 Å². The Kier molecular flexibility index (Phi) is 9.10. The van der Waals surface area contributed by atoms with Crippen LogP contribution in [0.15, 0.2) is 53.1 Å². The summed E-state index contributed by atoms with van der Waals surface area (Å²) < 4.78 is 19.3. The third-order valence-corrected chi connectivity index (χ3v) is 9.42. The molecule has 208 valence electrons. The molecule has 2 aliphatic rings. The van der Waals surface area contributed by atoms with Crippen molar-refractivity contribution in [3.05, 3.63) is 60.1 Å². The molecule has 2 aromatic rings. The van der Waals surface area contributed by atoms with Crippen LogP contribution >= 0.6 is 0 Å². The Hall–Kier alpha value is -1.71. The molecule has 0 spiro atoms. The van der Waals surface area contributed by atoms with Crippen molar-refractivity contribution < 1.29 is 34.5 Å². The Morgan fingerprint density at radius 1 is 1.08 bits per heavy atom. The average Bonchev–Trinajstić information content (AvgIpc) is 3.52. The minimum absolute atomic E-state index is 0.00939. The van der Waals surface area contributed by atoms with Gasteiger partial charge in [-0.1, -0.05) is 0 Å². The minimum atomic E-state index is -0.510. The third kappa shape index (κ3) is 6.05. The topological polar surface area (TPSA) is 60.7 Å². The quantitative estimate of drug-likeness (QED) is 0.379. The van der Waals surface area contributed by atoms with Gasteiger partial charge in [-0.25, -0.2) is 0 Å². The van der Waals surface area contributed by atoms with Crippen molar-refractivity contribution in [1.29, 1.82) is 0 Å². The molecule has 1 aliphatic heterocycles. The summed E-state index contributed by atoms with van der Waals surface area (Å²) in [5.74, 6) is 1.19. The maximum absolute atomic E-state index is 13.2. The van der Waals surface area contributed by atoms with Crippen LogP contribution in [0.2, 0.25) is 0 Å². The van der Waals surface area contributed by atoms with E-state index in [0.717, 1.165) is 23.2 Å². The first-order valence-electron chi connectivity index (χ1n) is 14.2. The molecule has 1 aromatic heterocycles. The number of rotatable bonds is 8. The summed E-state index contributed by atoms with van der Waals surface area (Å²) in [6, 6.07) is 14.2. The van der Waals surface area contributed by atoms with E-state index in [0.29, 0.717) is 18.4 Å². The second kappa shape index (κ2) is 11.8. The Morgan fingerprint density at radius 3 is 2.39 bits per heavy atom. The number of furan rings is 1. The molecule has 0 amide bonds. The van der Waals surface area contributed by atoms with Gasteiger partial charge in [0.05, 0.1) is 0 Å². The van der Waals surface area contributed by atoms with Gasteiger partial charge < -0.3 is 0 Å². The summed E-state index contributed by atoms with van der Waals surface area (Å²) in [5, 5.41) is 3.64. The maximum atomic E-state index is 13.2. The molecule has 5 nitrogen and oxygen atoms in total. The van der Waals surface area contributed by atoms with Crippen molar-refractivity contribution in [2.45, 2.75) is 97.2 Å². The molecule has 1 saturated carbocycles. The van der Waals surface area contributed by atoms with Crippen molar-refractivity contribution in [3.8, 4) is 0 Å². The van der Waals surface area contributed by atoms with Gasteiger partial charge in [-0.2, -0.15) is 0 Å². The van der Waals surface area contributed by atoms with Crippen LogP contribution < -0.4 is 5.32 Å². The summed E-state index contributed by atoms with van der Waals surface area (Å²) >= 11 is 3.34. The zero-order valence-electron chi connectivity index (χ0n) is 24.0. The molecule has 0 radical (unpaired) electrons. The van der Waals surface area contributed by atoms with Crippen molar-refractivity contribution in [3.63, 3.8) is 0 Å². The van der Waals surface area contributed by atoms with Gasteiger partial charge in [0.1, 0.15) is 0 Å². The Morgan fingerprint density at radius 2 is 1.79 bits per heavy atom. The van der Waals surface area contributed by atoms with E-state index in [4.69, 9.17) is 13.9 Å². The zero-order valence-corrected chi connectivity index (χ0v) is 25.3. The van der Waals surface area contributed by atoms with Crippen LogP contribution in [0.25, 0.3) is 0 Å². The number of carbonyl (C=O) groups is 1. The van der Waals surface area contributed by atoms with Gasteiger partial charge in [0.2, 0.25) is 0 Å². The van der Waals surface area contributed by atoms with E-state index < -0.39 is 6.04 Å². The zero-order chi connectivity index (χ0) is 27.7. The summed E-state index contributed by atoms with van der Waals surface area (Å²) in [5.41, 5.74) is 1.19. The third-order valence-electron chi connectivity index (χ3n) is 8.85. The van der Waals surface area contributed by atoms with Gasteiger partial charge in [-0.3, -0.25) is 0 Å². The molecule has 0 unspecified atom stereocenters. The second-order valence-electron chi connectivity index (χ2n) is 12.9. The monoisotopic (exact) mass is 559 g/mol. The van der Waals surface area contributed by atoms with Crippen molar-refractivity contribution in [2.24, 2.45) is 23.2 Å². The fourth-order valence-corrected chi connectivity index (χ4v) is 7.38. The van der Waals surface area contributed by atoms with E-state index in [-0.39, 0.29) is 40.8 Å². The van der Waals surface area contributed by atoms with Crippen molar-refractivity contribution in [2.75, 3.05) is 6.61 Å². The molecule has 6 heteroatoms. The van der Waals surface area contributed by atoms with Crippen molar-refractivity contribution >= 4 is 10.5 Å². The van der Waals surface area contributed by atoms with Crippen LogP contribution in [0.5, 0.6) is 0 Å². The number of carbonyl (C=O) groups excluding carboxylic acids is 1. The number of hydrogen-bond donors (Lipinski definition) is 1. The Bertz CT molecular complexity index is 1070. The molecular weight excluding hydrogens is 514 g/mol. The van der Waals surface area contributed by atoms with Gasteiger partial charge in [0, 0.05) is 0 Å². The van der Waals surface area contributed by atoms with Gasteiger partial charge in [-0.15, -0.1) is 0 Å². The van der Waals surface area contributed by atoms with Crippen LogP contribution in [-0.4, -0.2) is 35.3 Å². The van der Waals surface area contributed by atoms with E-state index in [1.165, 1.54) is 12.0 Å². The molecule has 0 bridgehead atoms. The summed E-state index contributed by atoms with van der Waals surface area (Å²) in [4.78, 5) is 13.2. The van der Waals surface area contributed by atoms with Crippen LogP contribution in [0.3, 0.4) is 0 Å². The van der Waals surface area contributed by atoms with Crippen LogP contribution in [-0.2, 0) is 35.5 Å². The van der Waals surface area contributed by atoms with E-state index in [1.807, 2.05) is 19.1 Å². The molecule has 7 atom stereocenters. The number of benzene rings is 1. The molecular formula is C32H45CrNO4. The van der Waals surface area contributed by atoms with Crippen LogP contribution in [0.4, 0.5) is 0 Å². The Labute approximate surface area is 237 Å². The van der Waals surface area contributed by atoms with Gasteiger partial charge in [0.15, 0.2) is 0 Å². The standard InChI is InChI=1S/C32H45NO4.Cr/c1-8-35-30(34)28-27(25-15-12-18-36-25)23(29(33-28)31(3,4)5)20-37-26-19-21(2)16-17-24(26)32(6,7)22-13-10-9-11-14-22;/h9-15,18,21,23-24,26-29,33H,8,16-17,19H2,1-7H3;/t21-,23-,24-,26-,27+,28+,29-;/m1./s1.